The van der Waals surface area contributed by atoms with Crippen molar-refractivity contribution in [1.82, 2.24) is 9.80 Å². The predicted molar refractivity (Wildman–Crippen MR) is 73.5 cm³/mol. The van der Waals surface area contributed by atoms with Crippen LogP contribution >= 0.6 is 0 Å². The lowest BCUT2D eigenvalue weighted by Gasteiger charge is -2.40. The van der Waals surface area contributed by atoms with Gasteiger partial charge in [0.25, 0.3) is 0 Å². The highest BCUT2D eigenvalue weighted by molar-refractivity contribution is 5.78. The lowest BCUT2D eigenvalue weighted by atomic mass is 9.95. The number of carbonyl (C=O) groups excluding carboxylic acids is 1. The first kappa shape index (κ1) is 15.1. The van der Waals surface area contributed by atoms with Crippen molar-refractivity contribution in [3.8, 4) is 0 Å². The Morgan fingerprint density at radius 1 is 1.30 bits per heavy atom. The zero-order chi connectivity index (χ0) is 14.9. The van der Waals surface area contributed by atoms with Crippen LogP contribution in [0.1, 0.15) is 26.7 Å². The molecule has 2 heterocycles. The minimum absolute atomic E-state index is 0.00930. The van der Waals surface area contributed by atoms with Gasteiger partial charge in [-0.05, 0) is 25.7 Å². The van der Waals surface area contributed by atoms with Crippen molar-refractivity contribution in [1.29, 1.82) is 0 Å². The number of likely N-dealkylation sites (tertiary alicyclic amines) is 2. The number of carbonyl (C=O) groups is 2. The monoisotopic (exact) mass is 284 g/mol. The van der Waals surface area contributed by atoms with E-state index in [0.717, 1.165) is 19.4 Å². The minimum atomic E-state index is -0.812. The number of aliphatic carboxylic acids is 1. The van der Waals surface area contributed by atoms with Gasteiger partial charge in [0, 0.05) is 26.7 Å². The molecule has 2 aliphatic heterocycles. The average Bonchev–Trinajstić information content (AvgIpc) is 2.80. The summed E-state index contributed by atoms with van der Waals surface area (Å²) in [6.07, 6.45) is 1.86. The molecular formula is C14H24N2O4. The average molecular weight is 284 g/mol. The number of carboxylic acids is 1. The van der Waals surface area contributed by atoms with Gasteiger partial charge >= 0.3 is 12.0 Å². The van der Waals surface area contributed by atoms with Crippen LogP contribution < -0.4 is 0 Å². The van der Waals surface area contributed by atoms with Crippen LogP contribution in [0, 0.1) is 11.8 Å². The fraction of sp³-hybridized carbons (Fsp3) is 0.857. The highest BCUT2D eigenvalue weighted by Crippen LogP contribution is 2.28. The number of hydrogen-bond acceptors (Lipinski definition) is 3. The first-order chi connectivity index (χ1) is 9.36. The summed E-state index contributed by atoms with van der Waals surface area (Å²) in [5.74, 6) is -1.25. The lowest BCUT2D eigenvalue weighted by molar-refractivity contribution is -0.142. The summed E-state index contributed by atoms with van der Waals surface area (Å²) < 4.78 is 5.50. The molecule has 1 N–H and O–H groups in total. The van der Waals surface area contributed by atoms with Gasteiger partial charge in [-0.2, -0.15) is 0 Å². The molecule has 0 aromatic rings. The maximum atomic E-state index is 12.5. The maximum Gasteiger partial charge on any atom is 0.320 e. The number of hydrogen-bond donors (Lipinski definition) is 1. The second-order valence-corrected chi connectivity index (χ2v) is 6.29. The molecule has 0 radical (unpaired) electrons. The lowest BCUT2D eigenvalue weighted by Crippen LogP contribution is -2.53. The summed E-state index contributed by atoms with van der Waals surface area (Å²) >= 11 is 0. The number of amides is 2. The molecule has 6 heteroatoms. The van der Waals surface area contributed by atoms with Crippen LogP contribution in [-0.4, -0.2) is 65.8 Å². The number of urea groups is 1. The van der Waals surface area contributed by atoms with Crippen LogP contribution in [0.25, 0.3) is 0 Å². The summed E-state index contributed by atoms with van der Waals surface area (Å²) in [5.41, 5.74) is -0.286. The summed E-state index contributed by atoms with van der Waals surface area (Å²) in [6.45, 7) is 6.04. The number of carboxylic acid groups (broad SMARTS) is 1. The molecule has 2 aliphatic rings. The van der Waals surface area contributed by atoms with Gasteiger partial charge in [0.15, 0.2) is 0 Å². The van der Waals surface area contributed by atoms with Gasteiger partial charge in [0.2, 0.25) is 0 Å². The van der Waals surface area contributed by atoms with Crippen molar-refractivity contribution in [2.45, 2.75) is 32.3 Å². The Kier molecular flexibility index (Phi) is 4.22. The molecular weight excluding hydrogens is 260 g/mol. The van der Waals surface area contributed by atoms with Gasteiger partial charge in [-0.1, -0.05) is 6.92 Å². The largest absolute Gasteiger partial charge is 0.481 e. The number of ether oxygens (including phenoxy) is 1. The molecule has 3 atom stereocenters. The van der Waals surface area contributed by atoms with Crippen molar-refractivity contribution < 1.29 is 19.4 Å². The first-order valence-corrected chi connectivity index (χ1v) is 7.18. The molecule has 0 bridgehead atoms. The second-order valence-electron chi connectivity index (χ2n) is 6.29. The quantitative estimate of drug-likeness (QED) is 0.828. The topological polar surface area (TPSA) is 70.1 Å². The third-order valence-corrected chi connectivity index (χ3v) is 4.62. The zero-order valence-corrected chi connectivity index (χ0v) is 12.5. The van der Waals surface area contributed by atoms with E-state index in [4.69, 9.17) is 9.84 Å². The van der Waals surface area contributed by atoms with E-state index in [0.29, 0.717) is 19.6 Å². The Labute approximate surface area is 119 Å². The molecule has 2 rings (SSSR count). The molecule has 0 aromatic heterocycles. The predicted octanol–water partition coefficient (Wildman–Crippen LogP) is 1.26. The Hall–Kier alpha value is -1.30. The van der Waals surface area contributed by atoms with E-state index in [1.807, 2.05) is 13.8 Å². The van der Waals surface area contributed by atoms with Crippen molar-refractivity contribution in [2.75, 3.05) is 33.3 Å². The summed E-state index contributed by atoms with van der Waals surface area (Å²) in [7, 11) is 1.67. The van der Waals surface area contributed by atoms with Crippen molar-refractivity contribution in [3.05, 3.63) is 0 Å². The standard InChI is InChI=1S/C14H24N2O4/c1-10-7-16(8-11(10)12(17)18)13(19)15-6-4-5-14(2,9-15)20-3/h10-11H,4-9H2,1-3H3,(H,17,18). The van der Waals surface area contributed by atoms with Crippen LogP contribution in [0.15, 0.2) is 0 Å². The highest BCUT2D eigenvalue weighted by Gasteiger charge is 2.40. The number of piperidine rings is 1. The van der Waals surface area contributed by atoms with Crippen LogP contribution in [0.5, 0.6) is 0 Å². The van der Waals surface area contributed by atoms with Crippen molar-refractivity contribution >= 4 is 12.0 Å². The van der Waals surface area contributed by atoms with Crippen LogP contribution in [0.4, 0.5) is 4.79 Å². The van der Waals surface area contributed by atoms with E-state index in [1.54, 1.807) is 16.9 Å². The molecule has 2 amide bonds. The van der Waals surface area contributed by atoms with Crippen molar-refractivity contribution in [2.24, 2.45) is 11.8 Å². The first-order valence-electron chi connectivity index (χ1n) is 7.18. The van der Waals surface area contributed by atoms with E-state index < -0.39 is 11.9 Å². The Bertz CT molecular complexity index is 401. The van der Waals surface area contributed by atoms with Crippen LogP contribution in [0.2, 0.25) is 0 Å². The Morgan fingerprint density at radius 3 is 2.55 bits per heavy atom. The second kappa shape index (κ2) is 5.60. The molecule has 20 heavy (non-hydrogen) atoms. The maximum absolute atomic E-state index is 12.5. The Balaban J connectivity index is 2.00. The minimum Gasteiger partial charge on any atom is -0.481 e. The molecule has 0 aliphatic carbocycles. The SMILES string of the molecule is COC1(C)CCCN(C(=O)N2CC(C)C(C(=O)O)C2)C1. The van der Waals surface area contributed by atoms with Gasteiger partial charge in [0.1, 0.15) is 0 Å². The van der Waals surface area contributed by atoms with Gasteiger partial charge in [-0.25, -0.2) is 4.79 Å². The summed E-state index contributed by atoms with van der Waals surface area (Å²) in [4.78, 5) is 27.1. The van der Waals surface area contributed by atoms with E-state index in [1.165, 1.54) is 0 Å². The van der Waals surface area contributed by atoms with E-state index in [2.05, 4.69) is 0 Å². The van der Waals surface area contributed by atoms with Gasteiger partial charge in [0.05, 0.1) is 18.1 Å². The van der Waals surface area contributed by atoms with Gasteiger partial charge in [-0.3, -0.25) is 4.79 Å². The van der Waals surface area contributed by atoms with Gasteiger partial charge < -0.3 is 19.6 Å². The summed E-state index contributed by atoms with van der Waals surface area (Å²) in [6, 6.07) is -0.0522. The number of nitrogens with zero attached hydrogens (tertiary/aromatic N) is 2. The van der Waals surface area contributed by atoms with E-state index in [-0.39, 0.29) is 17.6 Å². The third kappa shape index (κ3) is 2.90. The molecule has 2 fully saturated rings. The van der Waals surface area contributed by atoms with Crippen LogP contribution in [-0.2, 0) is 9.53 Å². The molecule has 0 aromatic carbocycles. The summed E-state index contributed by atoms with van der Waals surface area (Å²) in [5, 5.41) is 9.14. The number of methoxy groups -OCH3 is 1. The van der Waals surface area contributed by atoms with E-state index in [9.17, 15) is 9.59 Å². The molecule has 114 valence electrons. The van der Waals surface area contributed by atoms with Crippen molar-refractivity contribution in [3.63, 3.8) is 0 Å². The van der Waals surface area contributed by atoms with E-state index >= 15 is 0 Å². The zero-order valence-electron chi connectivity index (χ0n) is 12.5. The fourth-order valence-corrected chi connectivity index (χ4v) is 3.18. The third-order valence-electron chi connectivity index (χ3n) is 4.62. The fourth-order valence-electron chi connectivity index (χ4n) is 3.18. The molecule has 6 nitrogen and oxygen atoms in total. The number of rotatable bonds is 2. The smallest absolute Gasteiger partial charge is 0.320 e. The van der Waals surface area contributed by atoms with Gasteiger partial charge in [-0.15, -0.1) is 0 Å². The highest BCUT2D eigenvalue weighted by atomic mass is 16.5. The van der Waals surface area contributed by atoms with Crippen LogP contribution in [0.3, 0.4) is 0 Å². The molecule has 3 unspecified atom stereocenters. The molecule has 0 spiro atoms. The molecule has 0 saturated carbocycles. The molecule has 2 saturated heterocycles. The Morgan fingerprint density at radius 2 is 2.00 bits per heavy atom. The normalized spacial score (nSPS) is 34.4.